The summed E-state index contributed by atoms with van der Waals surface area (Å²) >= 11 is 7.16. The average molecular weight is 228 g/mol. The molecule has 1 aromatic carbocycles. The zero-order chi connectivity index (χ0) is 10.1. The molecule has 0 N–H and O–H groups in total. The second-order valence-electron chi connectivity index (χ2n) is 3.26. The molecule has 0 aromatic heterocycles. The van der Waals surface area contributed by atoms with Gasteiger partial charge in [0.1, 0.15) is 0 Å². The average Bonchev–Trinajstić information content (AvgIpc) is 2.50. The number of nitrogens with zero attached hydrogens (tertiary/aromatic N) is 1. The normalized spacial score (nSPS) is 21.7. The Balaban J connectivity index is 2.23. The fraction of sp³-hybridized carbons (Fsp3) is 0.300. The van der Waals surface area contributed by atoms with Gasteiger partial charge in [-0.05, 0) is 17.7 Å². The lowest BCUT2D eigenvalue weighted by Crippen LogP contribution is -2.21. The quantitative estimate of drug-likeness (QED) is 0.735. The Morgan fingerprint density at radius 1 is 1.43 bits per heavy atom. The number of benzene rings is 1. The fourth-order valence-electron chi connectivity index (χ4n) is 1.50. The van der Waals surface area contributed by atoms with Crippen molar-refractivity contribution in [3.8, 4) is 0 Å². The molecule has 74 valence electrons. The van der Waals surface area contributed by atoms with E-state index in [0.717, 1.165) is 16.3 Å². The monoisotopic (exact) mass is 227 g/mol. The lowest BCUT2D eigenvalue weighted by Gasteiger charge is -2.18. The van der Waals surface area contributed by atoms with Crippen LogP contribution in [-0.2, 0) is 0 Å². The topological polar surface area (TPSA) is 20.3 Å². The van der Waals surface area contributed by atoms with E-state index in [4.69, 9.17) is 11.6 Å². The molecule has 0 bridgehead atoms. The highest BCUT2D eigenvalue weighted by Gasteiger charge is 2.29. The van der Waals surface area contributed by atoms with Crippen molar-refractivity contribution >= 4 is 28.6 Å². The molecule has 0 radical (unpaired) electrons. The Kier molecular flexibility index (Phi) is 2.70. The molecule has 1 heterocycles. The van der Waals surface area contributed by atoms with Crippen LogP contribution in [0.2, 0.25) is 5.02 Å². The van der Waals surface area contributed by atoms with E-state index in [1.54, 1.807) is 4.90 Å². The summed E-state index contributed by atoms with van der Waals surface area (Å²) in [6.07, 6.45) is 0. The number of hydrogen-bond acceptors (Lipinski definition) is 2. The van der Waals surface area contributed by atoms with Gasteiger partial charge in [-0.1, -0.05) is 35.5 Å². The van der Waals surface area contributed by atoms with Crippen molar-refractivity contribution in [1.29, 1.82) is 0 Å². The molecule has 1 unspecified atom stereocenters. The van der Waals surface area contributed by atoms with E-state index < -0.39 is 0 Å². The Bertz CT molecular complexity index is 352. The summed E-state index contributed by atoms with van der Waals surface area (Å²) in [5.74, 6) is 0.830. The van der Waals surface area contributed by atoms with Crippen LogP contribution in [0.5, 0.6) is 0 Å². The van der Waals surface area contributed by atoms with Gasteiger partial charge in [0.2, 0.25) is 0 Å². The van der Waals surface area contributed by atoms with Crippen LogP contribution < -0.4 is 0 Å². The van der Waals surface area contributed by atoms with E-state index in [1.807, 2.05) is 31.3 Å². The van der Waals surface area contributed by atoms with Crippen LogP contribution in [0.4, 0.5) is 4.79 Å². The van der Waals surface area contributed by atoms with Gasteiger partial charge in [0.25, 0.3) is 5.24 Å². The van der Waals surface area contributed by atoms with E-state index in [2.05, 4.69) is 0 Å². The summed E-state index contributed by atoms with van der Waals surface area (Å²) in [5.41, 5.74) is 1.15. The second-order valence-corrected chi connectivity index (χ2v) is 4.66. The molecule has 2 nitrogen and oxygen atoms in total. The molecule has 1 saturated heterocycles. The van der Waals surface area contributed by atoms with Crippen LogP contribution in [0.1, 0.15) is 11.6 Å². The van der Waals surface area contributed by atoms with Crippen LogP contribution in [-0.4, -0.2) is 22.9 Å². The smallest absolute Gasteiger partial charge is 0.282 e. The Morgan fingerprint density at radius 3 is 2.57 bits per heavy atom. The molecule has 4 heteroatoms. The first-order valence-electron chi connectivity index (χ1n) is 4.33. The van der Waals surface area contributed by atoms with Crippen molar-refractivity contribution in [2.24, 2.45) is 0 Å². The summed E-state index contributed by atoms with van der Waals surface area (Å²) < 4.78 is 0. The molecule has 1 aliphatic heterocycles. The van der Waals surface area contributed by atoms with Crippen LogP contribution in [0.15, 0.2) is 24.3 Å². The first-order chi connectivity index (χ1) is 6.68. The molecule has 1 aliphatic rings. The number of carbonyl (C=O) groups excluding carboxylic acids is 1. The number of hydrogen-bond donors (Lipinski definition) is 0. The maximum atomic E-state index is 11.3. The number of carbonyl (C=O) groups is 1. The summed E-state index contributed by atoms with van der Waals surface area (Å²) in [4.78, 5) is 13.1. The molecule has 0 aliphatic carbocycles. The van der Waals surface area contributed by atoms with Crippen molar-refractivity contribution in [3.05, 3.63) is 34.9 Å². The third kappa shape index (κ3) is 1.74. The van der Waals surface area contributed by atoms with Crippen molar-refractivity contribution in [3.63, 3.8) is 0 Å². The van der Waals surface area contributed by atoms with E-state index in [-0.39, 0.29) is 11.3 Å². The molecule has 2 rings (SSSR count). The first-order valence-corrected chi connectivity index (χ1v) is 5.70. The van der Waals surface area contributed by atoms with Gasteiger partial charge in [0.15, 0.2) is 0 Å². The van der Waals surface area contributed by atoms with Gasteiger partial charge in [-0.2, -0.15) is 0 Å². The number of rotatable bonds is 1. The molecule has 1 amide bonds. The molecule has 0 saturated carbocycles. The minimum atomic E-state index is 0.143. The molecular weight excluding hydrogens is 218 g/mol. The third-order valence-corrected chi connectivity index (χ3v) is 3.64. The van der Waals surface area contributed by atoms with Crippen molar-refractivity contribution in [2.45, 2.75) is 6.04 Å². The van der Waals surface area contributed by atoms with E-state index in [9.17, 15) is 4.79 Å². The molecule has 0 spiro atoms. The van der Waals surface area contributed by atoms with Gasteiger partial charge >= 0.3 is 0 Å². The van der Waals surface area contributed by atoms with Gasteiger partial charge in [-0.3, -0.25) is 4.79 Å². The zero-order valence-corrected chi connectivity index (χ0v) is 9.31. The lowest BCUT2D eigenvalue weighted by molar-refractivity contribution is 0.226. The van der Waals surface area contributed by atoms with Gasteiger partial charge < -0.3 is 4.90 Å². The predicted molar refractivity (Wildman–Crippen MR) is 59.8 cm³/mol. The van der Waals surface area contributed by atoms with E-state index in [1.165, 1.54) is 11.8 Å². The minimum absolute atomic E-state index is 0.143. The SMILES string of the molecule is CN1C(=O)SCC1c1ccc(Cl)cc1. The molecule has 1 fully saturated rings. The van der Waals surface area contributed by atoms with Gasteiger partial charge in [0.05, 0.1) is 6.04 Å². The highest BCUT2D eigenvalue weighted by atomic mass is 35.5. The van der Waals surface area contributed by atoms with Gasteiger partial charge in [-0.15, -0.1) is 0 Å². The van der Waals surface area contributed by atoms with E-state index >= 15 is 0 Å². The first kappa shape index (κ1) is 9.87. The molecule has 1 atom stereocenters. The molecule has 14 heavy (non-hydrogen) atoms. The summed E-state index contributed by atoms with van der Waals surface area (Å²) in [7, 11) is 1.83. The minimum Gasteiger partial charge on any atom is -0.329 e. The highest BCUT2D eigenvalue weighted by molar-refractivity contribution is 8.13. The van der Waals surface area contributed by atoms with Crippen LogP contribution >= 0.6 is 23.4 Å². The number of amides is 1. The number of halogens is 1. The maximum Gasteiger partial charge on any atom is 0.282 e. The van der Waals surface area contributed by atoms with Crippen molar-refractivity contribution < 1.29 is 4.79 Å². The molecule has 1 aromatic rings. The Hall–Kier alpha value is -0.670. The Labute approximate surface area is 92.2 Å². The third-order valence-electron chi connectivity index (χ3n) is 2.37. The summed E-state index contributed by atoms with van der Waals surface area (Å²) in [5, 5.41) is 0.873. The standard InChI is InChI=1S/C10H10ClNOS/c1-12-9(6-14-10(12)13)7-2-4-8(11)5-3-7/h2-5,9H,6H2,1H3. The number of thioether (sulfide) groups is 1. The van der Waals surface area contributed by atoms with Crippen molar-refractivity contribution in [1.82, 2.24) is 4.90 Å². The second kappa shape index (κ2) is 3.83. The summed E-state index contributed by atoms with van der Waals surface area (Å²) in [6, 6.07) is 7.87. The largest absolute Gasteiger partial charge is 0.329 e. The van der Waals surface area contributed by atoms with Crippen LogP contribution in [0, 0.1) is 0 Å². The highest BCUT2D eigenvalue weighted by Crippen LogP contribution is 2.33. The van der Waals surface area contributed by atoms with Crippen LogP contribution in [0.25, 0.3) is 0 Å². The molecular formula is C10H10ClNOS. The van der Waals surface area contributed by atoms with Crippen LogP contribution in [0.3, 0.4) is 0 Å². The summed E-state index contributed by atoms with van der Waals surface area (Å²) in [6.45, 7) is 0. The fourth-order valence-corrected chi connectivity index (χ4v) is 2.67. The van der Waals surface area contributed by atoms with Gasteiger partial charge in [0, 0.05) is 17.8 Å². The van der Waals surface area contributed by atoms with Gasteiger partial charge in [-0.25, -0.2) is 0 Å². The van der Waals surface area contributed by atoms with Crippen molar-refractivity contribution in [2.75, 3.05) is 12.8 Å². The zero-order valence-electron chi connectivity index (χ0n) is 7.74. The lowest BCUT2D eigenvalue weighted by atomic mass is 10.1. The van der Waals surface area contributed by atoms with E-state index in [0.29, 0.717) is 0 Å². The maximum absolute atomic E-state index is 11.3. The Morgan fingerprint density at radius 2 is 2.07 bits per heavy atom. The predicted octanol–water partition coefficient (Wildman–Crippen LogP) is 3.18.